The molecule has 2 rings (SSSR count). The normalized spacial score (nSPS) is 17.6. The van der Waals surface area contributed by atoms with Crippen molar-refractivity contribution < 1.29 is 14.7 Å². The van der Waals surface area contributed by atoms with Crippen molar-refractivity contribution in [3.8, 4) is 0 Å². The third-order valence-electron chi connectivity index (χ3n) is 3.46. The van der Waals surface area contributed by atoms with Crippen molar-refractivity contribution in [3.05, 3.63) is 33.8 Å². The van der Waals surface area contributed by atoms with E-state index in [1.54, 1.807) is 18.2 Å². The van der Waals surface area contributed by atoms with E-state index in [0.717, 1.165) is 12.8 Å². The predicted molar refractivity (Wildman–Crippen MR) is 72.4 cm³/mol. The third-order valence-corrected chi connectivity index (χ3v) is 4.28. The Bertz CT molecular complexity index is 531. The van der Waals surface area contributed by atoms with Crippen LogP contribution in [-0.4, -0.2) is 28.4 Å². The van der Waals surface area contributed by atoms with E-state index in [9.17, 15) is 14.7 Å². The quantitative estimate of drug-likeness (QED) is 0.851. The number of nitrogens with zero attached hydrogens (tertiary/aromatic N) is 1. The molecule has 4 nitrogen and oxygen atoms in total. The summed E-state index contributed by atoms with van der Waals surface area (Å²) in [6.45, 7) is 1.47. The molecule has 0 aliphatic heterocycles. The summed E-state index contributed by atoms with van der Waals surface area (Å²) in [5, 5.41) is 10.0. The average molecular weight is 302 g/mol. The predicted octanol–water partition coefficient (Wildman–Crippen LogP) is 2.91. The standard InChI is InChI=1S/C13H13Cl2NO3/c1-13(12(18)19,16(7-17)8-5-6-8)9-3-2-4-10(14)11(9)15/h2-4,7-8H,5-6H2,1H3,(H,18,19). The Morgan fingerprint density at radius 2 is 2.11 bits per heavy atom. The van der Waals surface area contributed by atoms with Gasteiger partial charge in [0.05, 0.1) is 10.0 Å². The van der Waals surface area contributed by atoms with Gasteiger partial charge in [0.15, 0.2) is 5.54 Å². The zero-order valence-corrected chi connectivity index (χ0v) is 11.8. The van der Waals surface area contributed by atoms with Crippen LogP contribution in [0.3, 0.4) is 0 Å². The molecule has 1 amide bonds. The van der Waals surface area contributed by atoms with Crippen LogP contribution in [0.4, 0.5) is 0 Å². The summed E-state index contributed by atoms with van der Waals surface area (Å²) in [4.78, 5) is 24.3. The second kappa shape index (κ2) is 5.02. The van der Waals surface area contributed by atoms with E-state index < -0.39 is 11.5 Å². The van der Waals surface area contributed by atoms with Crippen LogP contribution in [-0.2, 0) is 15.1 Å². The van der Waals surface area contributed by atoms with Gasteiger partial charge in [-0.15, -0.1) is 0 Å². The number of carboxylic acid groups (broad SMARTS) is 1. The monoisotopic (exact) mass is 301 g/mol. The number of benzene rings is 1. The van der Waals surface area contributed by atoms with Crippen LogP contribution < -0.4 is 0 Å². The lowest BCUT2D eigenvalue weighted by atomic mass is 9.90. The van der Waals surface area contributed by atoms with Crippen molar-refractivity contribution in [3.63, 3.8) is 0 Å². The number of carboxylic acids is 1. The molecule has 1 aromatic rings. The molecule has 0 radical (unpaired) electrons. The summed E-state index contributed by atoms with van der Waals surface area (Å²) in [5.74, 6) is -1.13. The lowest BCUT2D eigenvalue weighted by Gasteiger charge is -2.36. The van der Waals surface area contributed by atoms with E-state index >= 15 is 0 Å². The summed E-state index contributed by atoms with van der Waals surface area (Å²) in [6.07, 6.45) is 2.18. The smallest absolute Gasteiger partial charge is 0.334 e. The molecule has 1 unspecified atom stereocenters. The first kappa shape index (κ1) is 14.2. The molecule has 0 spiro atoms. The highest BCUT2D eigenvalue weighted by atomic mass is 35.5. The first-order valence-electron chi connectivity index (χ1n) is 5.84. The fourth-order valence-electron chi connectivity index (χ4n) is 2.15. The van der Waals surface area contributed by atoms with E-state index in [1.165, 1.54) is 11.8 Å². The van der Waals surface area contributed by atoms with E-state index in [1.807, 2.05) is 0 Å². The Morgan fingerprint density at radius 1 is 1.47 bits per heavy atom. The van der Waals surface area contributed by atoms with Gasteiger partial charge < -0.3 is 10.0 Å². The number of hydrogen-bond acceptors (Lipinski definition) is 2. The summed E-state index contributed by atoms with van der Waals surface area (Å²) >= 11 is 12.0. The number of carbonyl (C=O) groups excluding carboxylic acids is 1. The molecule has 1 fully saturated rings. The highest BCUT2D eigenvalue weighted by molar-refractivity contribution is 6.42. The molecule has 0 aromatic heterocycles. The number of rotatable bonds is 5. The minimum absolute atomic E-state index is 0.0475. The van der Waals surface area contributed by atoms with E-state index in [0.29, 0.717) is 12.0 Å². The number of carbonyl (C=O) groups is 2. The largest absolute Gasteiger partial charge is 0.479 e. The van der Waals surface area contributed by atoms with E-state index in [2.05, 4.69) is 0 Å². The minimum Gasteiger partial charge on any atom is -0.479 e. The van der Waals surface area contributed by atoms with Gasteiger partial charge >= 0.3 is 5.97 Å². The fraction of sp³-hybridized carbons (Fsp3) is 0.385. The molecule has 1 aliphatic carbocycles. The highest BCUT2D eigenvalue weighted by Crippen LogP contribution is 2.41. The van der Waals surface area contributed by atoms with Gasteiger partial charge in [0, 0.05) is 11.6 Å². The van der Waals surface area contributed by atoms with Crippen molar-refractivity contribution in [2.75, 3.05) is 0 Å². The maximum atomic E-state index is 11.7. The molecule has 1 N–H and O–H groups in total. The molecule has 0 heterocycles. The topological polar surface area (TPSA) is 57.6 Å². The summed E-state index contributed by atoms with van der Waals surface area (Å²) in [6, 6.07) is 4.74. The minimum atomic E-state index is -1.51. The van der Waals surface area contributed by atoms with E-state index in [4.69, 9.17) is 23.2 Å². The zero-order chi connectivity index (χ0) is 14.2. The molecule has 1 aromatic carbocycles. The Labute approximate surface area is 120 Å². The maximum absolute atomic E-state index is 11.7. The second-order valence-electron chi connectivity index (χ2n) is 4.72. The average Bonchev–Trinajstić information content (AvgIpc) is 3.17. The molecule has 1 saturated carbocycles. The first-order valence-corrected chi connectivity index (χ1v) is 6.60. The van der Waals surface area contributed by atoms with Gasteiger partial charge in [-0.05, 0) is 25.8 Å². The molecule has 0 bridgehead atoms. The Balaban J connectivity index is 2.58. The van der Waals surface area contributed by atoms with Gasteiger partial charge in [0.2, 0.25) is 6.41 Å². The van der Waals surface area contributed by atoms with Crippen molar-refractivity contribution in [1.29, 1.82) is 0 Å². The number of hydrogen-bond donors (Lipinski definition) is 1. The SMILES string of the molecule is CC(C(=O)O)(c1cccc(Cl)c1Cl)N(C=O)C1CC1. The van der Waals surface area contributed by atoms with Crippen LogP contribution in [0.1, 0.15) is 25.3 Å². The summed E-state index contributed by atoms with van der Waals surface area (Å²) in [5.41, 5.74) is -1.18. The lowest BCUT2D eigenvalue weighted by molar-refractivity contribution is -0.155. The highest BCUT2D eigenvalue weighted by Gasteiger charge is 2.48. The third kappa shape index (κ3) is 2.30. The van der Waals surface area contributed by atoms with Gasteiger partial charge in [-0.25, -0.2) is 4.79 Å². The lowest BCUT2D eigenvalue weighted by Crippen LogP contribution is -2.50. The Morgan fingerprint density at radius 3 is 2.58 bits per heavy atom. The molecule has 102 valence electrons. The van der Waals surface area contributed by atoms with E-state index in [-0.39, 0.29) is 16.1 Å². The molecule has 19 heavy (non-hydrogen) atoms. The van der Waals surface area contributed by atoms with Crippen molar-refractivity contribution in [2.45, 2.75) is 31.3 Å². The number of amides is 1. The first-order chi connectivity index (χ1) is 8.92. The van der Waals surface area contributed by atoms with Crippen molar-refractivity contribution in [1.82, 2.24) is 4.90 Å². The van der Waals surface area contributed by atoms with Gasteiger partial charge in [-0.1, -0.05) is 35.3 Å². The Hall–Kier alpha value is -1.26. The molecule has 0 saturated heterocycles. The number of halogens is 2. The van der Waals surface area contributed by atoms with Crippen molar-refractivity contribution in [2.24, 2.45) is 0 Å². The van der Waals surface area contributed by atoms with Crippen molar-refractivity contribution >= 4 is 35.6 Å². The van der Waals surface area contributed by atoms with Crippen LogP contribution in [0.2, 0.25) is 10.0 Å². The van der Waals surface area contributed by atoms with Crippen LogP contribution in [0.5, 0.6) is 0 Å². The maximum Gasteiger partial charge on any atom is 0.334 e. The second-order valence-corrected chi connectivity index (χ2v) is 5.51. The summed E-state index contributed by atoms with van der Waals surface area (Å²) in [7, 11) is 0. The van der Waals surface area contributed by atoms with Gasteiger partial charge in [-0.3, -0.25) is 4.79 Å². The summed E-state index contributed by atoms with van der Waals surface area (Å²) < 4.78 is 0. The molecular formula is C13H13Cl2NO3. The molecule has 6 heteroatoms. The van der Waals surface area contributed by atoms with Crippen LogP contribution in [0.25, 0.3) is 0 Å². The van der Waals surface area contributed by atoms with Crippen LogP contribution in [0.15, 0.2) is 18.2 Å². The van der Waals surface area contributed by atoms with Crippen LogP contribution in [0, 0.1) is 0 Å². The molecular weight excluding hydrogens is 289 g/mol. The Kier molecular flexibility index (Phi) is 3.74. The zero-order valence-electron chi connectivity index (χ0n) is 10.3. The van der Waals surface area contributed by atoms with Gasteiger partial charge in [-0.2, -0.15) is 0 Å². The van der Waals surface area contributed by atoms with Gasteiger partial charge in [0.1, 0.15) is 0 Å². The van der Waals surface area contributed by atoms with Gasteiger partial charge in [0.25, 0.3) is 0 Å². The molecule has 1 aliphatic rings. The number of aliphatic carboxylic acids is 1. The van der Waals surface area contributed by atoms with Crippen LogP contribution >= 0.6 is 23.2 Å². The molecule has 1 atom stereocenters. The fourth-order valence-corrected chi connectivity index (χ4v) is 2.64.